The first-order valence-electron chi connectivity index (χ1n) is 4.53. The Hall–Kier alpha value is -0.770. The molecule has 0 aliphatic heterocycles. The van der Waals surface area contributed by atoms with E-state index in [-0.39, 0.29) is 5.88 Å². The molecule has 0 bridgehead atoms. The van der Waals surface area contributed by atoms with Gasteiger partial charge in [-0.25, -0.2) is 0 Å². The average Bonchev–Trinajstić information content (AvgIpc) is 2.76. The number of nitrogens with one attached hydrogen (secondary N) is 1. The number of alkyl halides is 1. The fourth-order valence-corrected chi connectivity index (χ4v) is 1.72. The van der Waals surface area contributed by atoms with Crippen LogP contribution in [-0.2, 0) is 5.88 Å². The van der Waals surface area contributed by atoms with E-state index in [0.717, 1.165) is 0 Å². The van der Waals surface area contributed by atoms with E-state index in [1.807, 2.05) is 0 Å². The van der Waals surface area contributed by atoms with E-state index in [1.165, 1.54) is 25.7 Å². The summed E-state index contributed by atoms with van der Waals surface area (Å²) in [6.07, 6.45) is 4.96. The molecule has 5 heteroatoms. The summed E-state index contributed by atoms with van der Waals surface area (Å²) in [6, 6.07) is 1.01. The first kappa shape index (κ1) is 8.81. The minimum absolute atomic E-state index is 0.277. The van der Waals surface area contributed by atoms with Crippen molar-refractivity contribution in [2.24, 2.45) is 0 Å². The topological polar surface area (TPSA) is 51.0 Å². The van der Waals surface area contributed by atoms with Crippen LogP contribution in [0.4, 0.5) is 6.01 Å². The van der Waals surface area contributed by atoms with Gasteiger partial charge in [0.05, 0.1) is 0 Å². The van der Waals surface area contributed by atoms with Crippen LogP contribution in [0.2, 0.25) is 0 Å². The van der Waals surface area contributed by atoms with Gasteiger partial charge in [-0.3, -0.25) is 0 Å². The number of rotatable bonds is 3. The Kier molecular flexibility index (Phi) is 2.68. The van der Waals surface area contributed by atoms with Gasteiger partial charge >= 0.3 is 6.01 Å². The normalized spacial score (nSPS) is 17.9. The van der Waals surface area contributed by atoms with Crippen molar-refractivity contribution in [3.63, 3.8) is 0 Å². The van der Waals surface area contributed by atoms with Crippen LogP contribution in [-0.4, -0.2) is 16.2 Å². The molecule has 1 aromatic rings. The molecular formula is C8H12ClN3O. The van der Waals surface area contributed by atoms with Gasteiger partial charge in [0, 0.05) is 6.04 Å². The number of halogens is 1. The van der Waals surface area contributed by atoms with E-state index < -0.39 is 0 Å². The number of nitrogens with zero attached hydrogens (tertiary/aromatic N) is 2. The smallest absolute Gasteiger partial charge is 0.315 e. The molecule has 1 aliphatic carbocycles. The van der Waals surface area contributed by atoms with Crippen molar-refractivity contribution in [3.8, 4) is 0 Å². The Labute approximate surface area is 81.7 Å². The highest BCUT2D eigenvalue weighted by Crippen LogP contribution is 2.21. The highest BCUT2D eigenvalue weighted by molar-refractivity contribution is 6.16. The molecule has 2 rings (SSSR count). The van der Waals surface area contributed by atoms with Crippen molar-refractivity contribution in [3.05, 3.63) is 5.89 Å². The molecule has 0 unspecified atom stereocenters. The molecule has 1 aliphatic rings. The number of anilines is 1. The van der Waals surface area contributed by atoms with E-state index in [4.69, 9.17) is 16.0 Å². The summed E-state index contributed by atoms with van der Waals surface area (Å²) in [5.74, 6) is 0.751. The second-order valence-electron chi connectivity index (χ2n) is 3.26. The molecule has 1 heterocycles. The SMILES string of the molecule is ClCc1nnc(NC2CCCC2)o1. The lowest BCUT2D eigenvalue weighted by atomic mass is 10.3. The zero-order valence-electron chi connectivity index (χ0n) is 7.29. The van der Waals surface area contributed by atoms with Gasteiger partial charge in [-0.05, 0) is 12.8 Å². The van der Waals surface area contributed by atoms with Crippen LogP contribution in [0.1, 0.15) is 31.6 Å². The van der Waals surface area contributed by atoms with Gasteiger partial charge in [-0.2, -0.15) is 0 Å². The van der Waals surface area contributed by atoms with Crippen molar-refractivity contribution in [2.75, 3.05) is 5.32 Å². The predicted molar refractivity (Wildman–Crippen MR) is 49.7 cm³/mol. The minimum Gasteiger partial charge on any atom is -0.407 e. The third-order valence-electron chi connectivity index (χ3n) is 2.26. The molecular weight excluding hydrogens is 190 g/mol. The van der Waals surface area contributed by atoms with E-state index in [1.54, 1.807) is 0 Å². The van der Waals surface area contributed by atoms with Gasteiger partial charge in [-0.1, -0.05) is 17.9 Å². The lowest BCUT2D eigenvalue weighted by Gasteiger charge is -2.07. The van der Waals surface area contributed by atoms with Gasteiger partial charge in [0.2, 0.25) is 5.89 Å². The summed E-state index contributed by atoms with van der Waals surface area (Å²) in [5, 5.41) is 10.8. The Balaban J connectivity index is 1.92. The quantitative estimate of drug-likeness (QED) is 0.762. The molecule has 0 spiro atoms. The zero-order chi connectivity index (χ0) is 9.10. The van der Waals surface area contributed by atoms with Gasteiger partial charge in [0.25, 0.3) is 0 Å². The molecule has 4 nitrogen and oxygen atoms in total. The van der Waals surface area contributed by atoms with Crippen molar-refractivity contribution in [1.29, 1.82) is 0 Å². The summed E-state index contributed by atoms with van der Waals surface area (Å²) in [6.45, 7) is 0. The summed E-state index contributed by atoms with van der Waals surface area (Å²) in [4.78, 5) is 0. The van der Waals surface area contributed by atoms with Crippen molar-refractivity contribution in [2.45, 2.75) is 37.6 Å². The van der Waals surface area contributed by atoms with Crippen LogP contribution < -0.4 is 5.32 Å². The molecule has 1 fully saturated rings. The maximum atomic E-state index is 5.53. The maximum Gasteiger partial charge on any atom is 0.315 e. The monoisotopic (exact) mass is 201 g/mol. The van der Waals surface area contributed by atoms with Crippen LogP contribution in [0.15, 0.2) is 4.42 Å². The molecule has 0 saturated heterocycles. The van der Waals surface area contributed by atoms with Crippen LogP contribution in [0, 0.1) is 0 Å². The van der Waals surface area contributed by atoms with Gasteiger partial charge in [0.15, 0.2) is 0 Å². The average molecular weight is 202 g/mol. The van der Waals surface area contributed by atoms with E-state index >= 15 is 0 Å². The number of aromatic nitrogens is 2. The summed E-state index contributed by atoms with van der Waals surface area (Å²) < 4.78 is 5.23. The van der Waals surface area contributed by atoms with Crippen LogP contribution in [0.5, 0.6) is 0 Å². The molecule has 72 valence electrons. The molecule has 1 aromatic heterocycles. The minimum atomic E-state index is 0.277. The highest BCUT2D eigenvalue weighted by Gasteiger charge is 2.16. The Morgan fingerprint density at radius 1 is 1.38 bits per heavy atom. The van der Waals surface area contributed by atoms with Crippen molar-refractivity contribution < 1.29 is 4.42 Å². The molecule has 0 amide bonds. The summed E-state index contributed by atoms with van der Waals surface area (Å²) >= 11 is 5.53. The van der Waals surface area contributed by atoms with Gasteiger partial charge in [0.1, 0.15) is 5.88 Å². The Morgan fingerprint density at radius 3 is 2.77 bits per heavy atom. The second-order valence-corrected chi connectivity index (χ2v) is 3.53. The Bertz CT molecular complexity index is 270. The molecule has 0 radical (unpaired) electrons. The van der Waals surface area contributed by atoms with Crippen LogP contribution in [0.25, 0.3) is 0 Å². The van der Waals surface area contributed by atoms with E-state index in [9.17, 15) is 0 Å². The standard InChI is InChI=1S/C8H12ClN3O/c9-5-7-11-12-8(13-7)10-6-3-1-2-4-6/h6H,1-5H2,(H,10,12). The molecule has 0 atom stereocenters. The van der Waals surface area contributed by atoms with E-state index in [2.05, 4.69) is 15.5 Å². The maximum absolute atomic E-state index is 5.53. The number of hydrogen-bond donors (Lipinski definition) is 1. The van der Waals surface area contributed by atoms with Crippen molar-refractivity contribution >= 4 is 17.6 Å². The zero-order valence-corrected chi connectivity index (χ0v) is 8.05. The van der Waals surface area contributed by atoms with Gasteiger partial charge in [-0.15, -0.1) is 16.7 Å². The first-order chi connectivity index (χ1) is 6.38. The number of hydrogen-bond acceptors (Lipinski definition) is 4. The predicted octanol–water partition coefficient (Wildman–Crippen LogP) is 2.16. The highest BCUT2D eigenvalue weighted by atomic mass is 35.5. The fraction of sp³-hybridized carbons (Fsp3) is 0.750. The van der Waals surface area contributed by atoms with Crippen LogP contribution in [0.3, 0.4) is 0 Å². The lowest BCUT2D eigenvalue weighted by molar-refractivity contribution is 0.517. The van der Waals surface area contributed by atoms with Gasteiger partial charge < -0.3 is 9.73 Å². The second kappa shape index (κ2) is 3.96. The third-order valence-corrected chi connectivity index (χ3v) is 2.49. The molecule has 0 aromatic carbocycles. The third kappa shape index (κ3) is 2.12. The summed E-state index contributed by atoms with van der Waals surface area (Å²) in [5.41, 5.74) is 0. The lowest BCUT2D eigenvalue weighted by Crippen LogP contribution is -2.14. The largest absolute Gasteiger partial charge is 0.407 e. The molecule has 1 N–H and O–H groups in total. The first-order valence-corrected chi connectivity index (χ1v) is 5.07. The van der Waals surface area contributed by atoms with E-state index in [0.29, 0.717) is 17.9 Å². The molecule has 1 saturated carbocycles. The fourth-order valence-electron chi connectivity index (χ4n) is 1.61. The Morgan fingerprint density at radius 2 is 2.15 bits per heavy atom. The summed E-state index contributed by atoms with van der Waals surface area (Å²) in [7, 11) is 0. The van der Waals surface area contributed by atoms with Crippen LogP contribution >= 0.6 is 11.6 Å². The molecule has 13 heavy (non-hydrogen) atoms. The van der Waals surface area contributed by atoms with Crippen molar-refractivity contribution in [1.82, 2.24) is 10.2 Å².